The summed E-state index contributed by atoms with van der Waals surface area (Å²) in [5.41, 5.74) is 6.08. The number of ether oxygens (including phenoxy) is 4. The van der Waals surface area contributed by atoms with Crippen LogP contribution in [0.4, 0.5) is 4.79 Å². The molecule has 0 aromatic heterocycles. The smallest absolute Gasteiger partial charge is 0.315 e. The molecule has 2 fully saturated rings. The predicted octanol–water partition coefficient (Wildman–Crippen LogP) is 0.153. The molecule has 15 N–H and O–H groups in total. The molecule has 21 heteroatoms. The first kappa shape index (κ1) is 61.1. The summed E-state index contributed by atoms with van der Waals surface area (Å²) in [7, 11) is 0. The summed E-state index contributed by atoms with van der Waals surface area (Å²) in [4.78, 5) is 36.7. The van der Waals surface area contributed by atoms with Crippen molar-refractivity contribution in [2.75, 3.05) is 6.54 Å². The second kappa shape index (κ2) is 30.8. The molecule has 71 heavy (non-hydrogen) atoms. The maximum absolute atomic E-state index is 13.0. The Labute approximate surface area is 415 Å². The molecular formula is C50H79N3O18. The predicted molar refractivity (Wildman–Crippen MR) is 258 cm³/mol. The molecule has 0 aromatic carbocycles. The van der Waals surface area contributed by atoms with Gasteiger partial charge in [-0.25, -0.2) is 4.79 Å². The molecule has 3 rings (SSSR count). The molecule has 402 valence electrons. The fourth-order valence-electron chi connectivity index (χ4n) is 8.32. The van der Waals surface area contributed by atoms with Crippen LogP contribution in [0.1, 0.15) is 85.5 Å². The fourth-order valence-corrected chi connectivity index (χ4v) is 8.32. The molecule has 5 unspecified atom stereocenters. The van der Waals surface area contributed by atoms with Gasteiger partial charge in [0.2, 0.25) is 0 Å². The second-order valence-corrected chi connectivity index (χ2v) is 18.8. The SMILES string of the molecule is CC1OC(O[C@H]2/C=C/C=C/C=C/C=C/C=C/C=C/C=C/[C@H](C)[C@@H](O)[C@@H](C)[C@H](C)OC(=O)C[C@H](O)C[C@H](O)CC[C@@H](O)[C@H](O)C[C@H](O)C[C@]3(O)C[C@H](O)[C@@H](NC(=O)NCCC(=O)O)[C@H](C2)O3)C(O)C(N)C1O. The highest BCUT2D eigenvalue weighted by Crippen LogP contribution is 2.35. The van der Waals surface area contributed by atoms with Gasteiger partial charge in [0, 0.05) is 44.1 Å². The number of cyclic esters (lactones) is 1. The van der Waals surface area contributed by atoms with Crippen molar-refractivity contribution in [3.8, 4) is 0 Å². The van der Waals surface area contributed by atoms with Crippen LogP contribution in [-0.2, 0) is 28.5 Å². The Hall–Kier alpha value is -4.17. The first-order valence-corrected chi connectivity index (χ1v) is 24.2. The average Bonchev–Trinajstić information content (AvgIpc) is 3.28. The van der Waals surface area contributed by atoms with Crippen molar-refractivity contribution in [2.45, 2.75) is 189 Å². The first-order chi connectivity index (χ1) is 33.5. The van der Waals surface area contributed by atoms with E-state index in [1.54, 1.807) is 92.8 Å². The Morgan fingerprint density at radius 2 is 1.30 bits per heavy atom. The van der Waals surface area contributed by atoms with Gasteiger partial charge in [0.25, 0.3) is 0 Å². The van der Waals surface area contributed by atoms with E-state index in [1.165, 1.54) is 6.92 Å². The van der Waals surface area contributed by atoms with E-state index in [0.717, 1.165) is 0 Å². The number of fused-ring (bicyclic) bond motifs is 2. The third-order valence-electron chi connectivity index (χ3n) is 12.7. The molecule has 2 bridgehead atoms. The molecule has 0 spiro atoms. The minimum Gasteiger partial charge on any atom is -0.481 e. The van der Waals surface area contributed by atoms with Gasteiger partial charge >= 0.3 is 18.0 Å². The molecule has 21 nitrogen and oxygen atoms in total. The van der Waals surface area contributed by atoms with E-state index in [2.05, 4.69) is 10.6 Å². The van der Waals surface area contributed by atoms with E-state index in [0.29, 0.717) is 0 Å². The number of carbonyl (C=O) groups excluding carboxylic acids is 2. The molecule has 0 radical (unpaired) electrons. The number of rotatable bonds is 6. The van der Waals surface area contributed by atoms with Crippen molar-refractivity contribution in [3.63, 3.8) is 0 Å². The van der Waals surface area contributed by atoms with Crippen molar-refractivity contribution >= 4 is 18.0 Å². The number of carboxylic acid groups (broad SMARTS) is 1. The van der Waals surface area contributed by atoms with Crippen LogP contribution < -0.4 is 16.4 Å². The Kier molecular flexibility index (Phi) is 26.5. The number of esters is 1. The number of hydrogen-bond donors (Lipinski definition) is 14. The number of aliphatic hydroxyl groups excluding tert-OH is 9. The van der Waals surface area contributed by atoms with Crippen molar-refractivity contribution < 1.29 is 89.5 Å². The minimum absolute atomic E-state index is 0.119. The Balaban J connectivity index is 1.93. The maximum atomic E-state index is 13.0. The molecule has 0 aliphatic carbocycles. The molecule has 3 aliphatic heterocycles. The number of aliphatic carboxylic acids is 1. The number of allylic oxidation sites excluding steroid dienone is 12. The van der Waals surface area contributed by atoms with Crippen LogP contribution in [0, 0.1) is 11.8 Å². The number of nitrogens with two attached hydrogens (primary N) is 1. The second-order valence-electron chi connectivity index (χ2n) is 18.8. The Morgan fingerprint density at radius 3 is 1.90 bits per heavy atom. The van der Waals surface area contributed by atoms with Crippen LogP contribution in [0.3, 0.4) is 0 Å². The van der Waals surface area contributed by atoms with Gasteiger partial charge in [0.15, 0.2) is 12.1 Å². The van der Waals surface area contributed by atoms with E-state index >= 15 is 0 Å². The van der Waals surface area contributed by atoms with Gasteiger partial charge in [-0.3, -0.25) is 9.59 Å². The van der Waals surface area contributed by atoms with E-state index in [1.807, 2.05) is 13.0 Å². The van der Waals surface area contributed by atoms with Crippen LogP contribution in [0.2, 0.25) is 0 Å². The summed E-state index contributed by atoms with van der Waals surface area (Å²) in [6.45, 7) is 6.47. The topological polar surface area (TPSA) is 361 Å². The van der Waals surface area contributed by atoms with Gasteiger partial charge in [0.1, 0.15) is 12.2 Å². The standard InChI is InChI=1S/C50H79N3O18/c1-29-17-15-13-11-9-7-5-6-8-10-12-14-16-18-36(70-48-47(65)43(51)46(64)32(4)69-48)26-40-44(53-49(66)52-22-21-41(60)61)39(59)28-50(67,71-40)27-35(56)24-38(58)37(57)20-19-33(54)23-34(55)25-42(62)68-31(3)30(2)45(29)63/h5-18,29-40,43-48,54-59,63-65,67H,19-28,51H2,1-4H3,(H,60,61)(H2,52,53,66)/b6-5+,9-7+,10-8+,13-11+,14-12+,17-15+,18-16+/t29-,30-,31-,32?,33+,34+,35-,36-,37+,38+,39-,40-,43?,44+,45+,46?,47?,48?,50+/m0/s1. The van der Waals surface area contributed by atoms with Gasteiger partial charge in [-0.1, -0.05) is 98.9 Å². The monoisotopic (exact) mass is 1010 g/mol. The summed E-state index contributed by atoms with van der Waals surface area (Å²) in [6.07, 6.45) is 3.27. The van der Waals surface area contributed by atoms with Crippen LogP contribution >= 0.6 is 0 Å². The molecule has 2 saturated heterocycles. The Morgan fingerprint density at radius 1 is 0.704 bits per heavy atom. The minimum atomic E-state index is -2.32. The number of amides is 2. The number of carboxylic acids is 1. The van der Waals surface area contributed by atoms with Gasteiger partial charge in [0.05, 0.1) is 92.1 Å². The third kappa shape index (κ3) is 21.8. The number of aliphatic hydroxyl groups is 10. The van der Waals surface area contributed by atoms with Crippen molar-refractivity contribution in [1.29, 1.82) is 0 Å². The van der Waals surface area contributed by atoms with E-state index < -0.39 is 160 Å². The number of carbonyl (C=O) groups is 3. The summed E-state index contributed by atoms with van der Waals surface area (Å²) in [6, 6.07) is -3.33. The van der Waals surface area contributed by atoms with E-state index in [-0.39, 0.29) is 38.1 Å². The highest BCUT2D eigenvalue weighted by molar-refractivity contribution is 5.75. The van der Waals surface area contributed by atoms with Crippen molar-refractivity contribution in [2.24, 2.45) is 17.6 Å². The van der Waals surface area contributed by atoms with E-state index in [9.17, 15) is 65.4 Å². The van der Waals surface area contributed by atoms with Gasteiger partial charge in [-0.05, 0) is 33.1 Å². The lowest BCUT2D eigenvalue weighted by Gasteiger charge is -2.46. The Bertz CT molecular complexity index is 1840. The molecule has 0 saturated carbocycles. The summed E-state index contributed by atoms with van der Waals surface area (Å²) in [5, 5.41) is 123. The lowest BCUT2D eigenvalue weighted by molar-refractivity contribution is -0.303. The third-order valence-corrected chi connectivity index (χ3v) is 12.7. The van der Waals surface area contributed by atoms with Crippen molar-refractivity contribution in [1.82, 2.24) is 10.6 Å². The largest absolute Gasteiger partial charge is 0.481 e. The highest BCUT2D eigenvalue weighted by Gasteiger charge is 2.49. The van der Waals surface area contributed by atoms with Gasteiger partial charge in [-0.2, -0.15) is 0 Å². The van der Waals surface area contributed by atoms with Crippen LogP contribution in [-0.4, -0.2) is 184 Å². The molecule has 0 aromatic rings. The van der Waals surface area contributed by atoms with Crippen LogP contribution in [0.25, 0.3) is 0 Å². The van der Waals surface area contributed by atoms with Crippen LogP contribution in [0.5, 0.6) is 0 Å². The lowest BCUT2D eigenvalue weighted by Crippen LogP contribution is -2.64. The number of nitrogens with one attached hydrogen (secondary N) is 2. The van der Waals surface area contributed by atoms with Crippen molar-refractivity contribution in [3.05, 3.63) is 85.1 Å². The summed E-state index contributed by atoms with van der Waals surface area (Å²) >= 11 is 0. The fraction of sp³-hybridized carbons (Fsp3) is 0.660. The molecule has 3 heterocycles. The van der Waals surface area contributed by atoms with Crippen LogP contribution in [0.15, 0.2) is 85.1 Å². The maximum Gasteiger partial charge on any atom is 0.315 e. The van der Waals surface area contributed by atoms with Gasteiger partial charge < -0.3 is 91.5 Å². The summed E-state index contributed by atoms with van der Waals surface area (Å²) in [5.74, 6) is -4.99. The quantitative estimate of drug-likeness (QED) is 0.158. The highest BCUT2D eigenvalue weighted by atomic mass is 16.7. The average molecular weight is 1010 g/mol. The van der Waals surface area contributed by atoms with E-state index in [4.69, 9.17) is 29.8 Å². The normalized spacial score (nSPS) is 42.5. The molecule has 19 atom stereocenters. The molecule has 3 aliphatic rings. The molecular weight excluding hydrogens is 931 g/mol. The summed E-state index contributed by atoms with van der Waals surface area (Å²) < 4.78 is 23.6. The lowest BCUT2D eigenvalue weighted by atomic mass is 9.87. The zero-order chi connectivity index (χ0) is 52.8. The number of hydrogen-bond acceptors (Lipinski definition) is 18. The first-order valence-electron chi connectivity index (χ1n) is 24.2. The number of urea groups is 1. The molecule has 2 amide bonds. The van der Waals surface area contributed by atoms with Gasteiger partial charge in [-0.15, -0.1) is 0 Å². The zero-order valence-electron chi connectivity index (χ0n) is 40.9. The zero-order valence-corrected chi connectivity index (χ0v) is 40.9.